The van der Waals surface area contributed by atoms with Crippen molar-refractivity contribution in [2.45, 2.75) is 20.3 Å². The minimum absolute atomic E-state index is 0.0173. The Balaban J connectivity index is 1.81. The van der Waals surface area contributed by atoms with Crippen molar-refractivity contribution in [3.05, 3.63) is 77.4 Å². The molecule has 7 heteroatoms. The van der Waals surface area contributed by atoms with Crippen LogP contribution >= 0.6 is 0 Å². The number of hydrogen-bond acceptors (Lipinski definition) is 6. The molecule has 0 fully saturated rings. The molecule has 0 atom stereocenters. The number of rotatable bonds is 8. The molecule has 32 heavy (non-hydrogen) atoms. The van der Waals surface area contributed by atoms with Crippen molar-refractivity contribution in [1.82, 2.24) is 0 Å². The van der Waals surface area contributed by atoms with Gasteiger partial charge in [0.1, 0.15) is 17.2 Å². The number of aromatic hydroxyl groups is 2. The summed E-state index contributed by atoms with van der Waals surface area (Å²) in [5.74, 6) is -0.447. The van der Waals surface area contributed by atoms with E-state index in [1.807, 2.05) is 44.2 Å². The standard InChI is InChI=1S/C25H24N2O5/c1-16-7-10-20(24(29)13-16)17(2)27-22-6-4-3-5-21(22)26-15-18-8-9-19(14-23(18)28)32-12-11-25(30)31/h3-10,13-15,28-29H,11-12H2,1-2H3,(H,30,31). The first-order valence-corrected chi connectivity index (χ1v) is 9.99. The molecule has 0 radical (unpaired) electrons. The van der Waals surface area contributed by atoms with E-state index in [-0.39, 0.29) is 24.5 Å². The van der Waals surface area contributed by atoms with Gasteiger partial charge in [-0.1, -0.05) is 18.2 Å². The molecule has 3 N–H and O–H groups in total. The molecular weight excluding hydrogens is 408 g/mol. The van der Waals surface area contributed by atoms with Gasteiger partial charge in [-0.3, -0.25) is 14.8 Å². The van der Waals surface area contributed by atoms with E-state index in [0.717, 1.165) is 5.56 Å². The van der Waals surface area contributed by atoms with Crippen molar-refractivity contribution in [1.29, 1.82) is 0 Å². The predicted octanol–water partition coefficient (Wildman–Crippen LogP) is 5.15. The highest BCUT2D eigenvalue weighted by molar-refractivity contribution is 6.03. The van der Waals surface area contributed by atoms with Crippen LogP contribution in [0.5, 0.6) is 17.2 Å². The van der Waals surface area contributed by atoms with Crippen molar-refractivity contribution >= 4 is 29.3 Å². The normalized spacial score (nSPS) is 11.6. The van der Waals surface area contributed by atoms with Crippen LogP contribution in [0.1, 0.15) is 30.0 Å². The molecule has 0 aliphatic heterocycles. The van der Waals surface area contributed by atoms with Crippen LogP contribution in [0.15, 0.2) is 70.6 Å². The summed E-state index contributed by atoms with van der Waals surface area (Å²) in [4.78, 5) is 19.7. The molecule has 0 aromatic heterocycles. The summed E-state index contributed by atoms with van der Waals surface area (Å²) in [6.07, 6.45) is 1.39. The van der Waals surface area contributed by atoms with Crippen molar-refractivity contribution in [2.75, 3.05) is 6.61 Å². The van der Waals surface area contributed by atoms with Gasteiger partial charge in [-0.05, 0) is 55.8 Å². The number of aryl methyl sites for hydroxylation is 1. The topological polar surface area (TPSA) is 112 Å². The second kappa shape index (κ2) is 10.3. The van der Waals surface area contributed by atoms with Crippen LogP contribution in [0, 0.1) is 6.92 Å². The number of para-hydroxylation sites is 2. The molecule has 0 spiro atoms. The van der Waals surface area contributed by atoms with Crippen LogP contribution < -0.4 is 4.74 Å². The second-order valence-corrected chi connectivity index (χ2v) is 7.18. The Kier molecular flexibility index (Phi) is 7.23. The third kappa shape index (κ3) is 5.95. The van der Waals surface area contributed by atoms with Gasteiger partial charge in [0.15, 0.2) is 0 Å². The fourth-order valence-corrected chi connectivity index (χ4v) is 2.97. The summed E-state index contributed by atoms with van der Waals surface area (Å²) in [7, 11) is 0. The molecule has 3 rings (SSSR count). The summed E-state index contributed by atoms with van der Waals surface area (Å²) >= 11 is 0. The predicted molar refractivity (Wildman–Crippen MR) is 124 cm³/mol. The van der Waals surface area contributed by atoms with Crippen LogP contribution in [-0.4, -0.2) is 39.8 Å². The van der Waals surface area contributed by atoms with Gasteiger partial charge < -0.3 is 20.1 Å². The van der Waals surface area contributed by atoms with Crippen molar-refractivity contribution in [3.8, 4) is 17.2 Å². The molecule has 3 aromatic rings. The zero-order chi connectivity index (χ0) is 23.1. The summed E-state index contributed by atoms with van der Waals surface area (Å²) in [5, 5.41) is 29.1. The average Bonchev–Trinajstić information content (AvgIpc) is 2.73. The van der Waals surface area contributed by atoms with E-state index in [0.29, 0.717) is 34.0 Å². The Morgan fingerprint density at radius 3 is 2.44 bits per heavy atom. The smallest absolute Gasteiger partial charge is 0.306 e. The quantitative estimate of drug-likeness (QED) is 0.426. The molecule has 7 nitrogen and oxygen atoms in total. The lowest BCUT2D eigenvalue weighted by molar-refractivity contribution is -0.137. The van der Waals surface area contributed by atoms with Crippen molar-refractivity contribution in [2.24, 2.45) is 9.98 Å². The highest BCUT2D eigenvalue weighted by Gasteiger charge is 2.07. The van der Waals surface area contributed by atoms with Gasteiger partial charge in [0.2, 0.25) is 0 Å². The number of hydrogen-bond donors (Lipinski definition) is 3. The summed E-state index contributed by atoms with van der Waals surface area (Å²) in [6.45, 7) is 3.74. The number of phenols is 2. The van der Waals surface area contributed by atoms with Gasteiger partial charge in [0.25, 0.3) is 0 Å². The third-order valence-corrected chi connectivity index (χ3v) is 4.64. The molecule has 0 saturated heterocycles. The maximum absolute atomic E-state index is 10.6. The fourth-order valence-electron chi connectivity index (χ4n) is 2.97. The lowest BCUT2D eigenvalue weighted by Crippen LogP contribution is -2.04. The summed E-state index contributed by atoms with van der Waals surface area (Å²) < 4.78 is 5.31. The summed E-state index contributed by atoms with van der Waals surface area (Å²) in [5.41, 5.74) is 3.94. The Hall–Kier alpha value is -4.13. The number of carbonyl (C=O) groups is 1. The molecule has 0 aliphatic rings. The van der Waals surface area contributed by atoms with Crippen LogP contribution in [0.25, 0.3) is 0 Å². The first kappa shape index (κ1) is 22.6. The molecule has 0 amide bonds. The molecule has 164 valence electrons. The number of nitrogens with zero attached hydrogens (tertiary/aromatic N) is 2. The number of aliphatic imine (C=N–C) groups is 2. The van der Waals surface area contributed by atoms with E-state index in [9.17, 15) is 15.0 Å². The monoisotopic (exact) mass is 432 g/mol. The van der Waals surface area contributed by atoms with Gasteiger partial charge in [0.05, 0.1) is 24.4 Å². The Bertz CT molecular complexity index is 1180. The van der Waals surface area contributed by atoms with E-state index in [1.165, 1.54) is 12.3 Å². The Morgan fingerprint density at radius 1 is 1.00 bits per heavy atom. The third-order valence-electron chi connectivity index (χ3n) is 4.64. The van der Waals surface area contributed by atoms with Crippen molar-refractivity contribution in [3.63, 3.8) is 0 Å². The minimum atomic E-state index is -0.952. The van der Waals surface area contributed by atoms with E-state index in [1.54, 1.807) is 24.3 Å². The molecule has 3 aromatic carbocycles. The van der Waals surface area contributed by atoms with Crippen LogP contribution in [0.2, 0.25) is 0 Å². The molecule has 0 bridgehead atoms. The number of carboxylic acids is 1. The second-order valence-electron chi connectivity index (χ2n) is 7.18. The molecule has 0 saturated carbocycles. The van der Waals surface area contributed by atoms with E-state index < -0.39 is 5.97 Å². The molecule has 0 unspecified atom stereocenters. The molecular formula is C25H24N2O5. The highest BCUT2D eigenvalue weighted by Crippen LogP contribution is 2.30. The van der Waals surface area contributed by atoms with Crippen LogP contribution in [-0.2, 0) is 4.79 Å². The lowest BCUT2D eigenvalue weighted by Gasteiger charge is -2.07. The van der Waals surface area contributed by atoms with Gasteiger partial charge >= 0.3 is 5.97 Å². The number of carboxylic acid groups (broad SMARTS) is 1. The molecule has 0 heterocycles. The maximum atomic E-state index is 10.6. The summed E-state index contributed by atoms with van der Waals surface area (Å²) in [6, 6.07) is 17.4. The van der Waals surface area contributed by atoms with E-state index in [4.69, 9.17) is 9.84 Å². The maximum Gasteiger partial charge on any atom is 0.306 e. The van der Waals surface area contributed by atoms with E-state index >= 15 is 0 Å². The number of aliphatic carboxylic acids is 1. The zero-order valence-corrected chi connectivity index (χ0v) is 17.8. The lowest BCUT2D eigenvalue weighted by atomic mass is 10.1. The van der Waals surface area contributed by atoms with Gasteiger partial charge in [-0.2, -0.15) is 0 Å². The van der Waals surface area contributed by atoms with Crippen LogP contribution in [0.3, 0.4) is 0 Å². The molecule has 0 aliphatic carbocycles. The number of benzene rings is 3. The minimum Gasteiger partial charge on any atom is -0.507 e. The first-order valence-electron chi connectivity index (χ1n) is 9.99. The van der Waals surface area contributed by atoms with Gasteiger partial charge in [0, 0.05) is 29.1 Å². The fraction of sp³-hybridized carbons (Fsp3) is 0.160. The Labute approximate surface area is 186 Å². The van der Waals surface area contributed by atoms with Gasteiger partial charge in [-0.25, -0.2) is 0 Å². The first-order chi connectivity index (χ1) is 15.3. The van der Waals surface area contributed by atoms with Crippen molar-refractivity contribution < 1.29 is 24.9 Å². The number of phenolic OH excluding ortho intramolecular Hbond substituents is 2. The SMILES string of the molecule is CC(=Nc1ccccc1N=Cc1ccc(OCCC(=O)O)cc1O)c1ccc(C)cc1O. The van der Waals surface area contributed by atoms with Gasteiger partial charge in [-0.15, -0.1) is 0 Å². The van der Waals surface area contributed by atoms with E-state index in [2.05, 4.69) is 9.98 Å². The average molecular weight is 432 g/mol. The number of ether oxygens (including phenoxy) is 1. The zero-order valence-electron chi connectivity index (χ0n) is 17.8. The highest BCUT2D eigenvalue weighted by atomic mass is 16.5. The Morgan fingerprint density at radius 2 is 1.75 bits per heavy atom. The largest absolute Gasteiger partial charge is 0.507 e. The van der Waals surface area contributed by atoms with Crippen LogP contribution in [0.4, 0.5) is 11.4 Å².